The summed E-state index contributed by atoms with van der Waals surface area (Å²) in [6, 6.07) is 4.89. The number of nitrogens with one attached hydrogen (secondary N) is 1. The van der Waals surface area contributed by atoms with Gasteiger partial charge in [0.25, 0.3) is 5.91 Å². The zero-order valence-corrected chi connectivity index (χ0v) is 13.4. The molecule has 0 unspecified atom stereocenters. The second-order valence-corrected chi connectivity index (χ2v) is 5.95. The molecule has 21 heavy (non-hydrogen) atoms. The van der Waals surface area contributed by atoms with Crippen LogP contribution in [0.3, 0.4) is 0 Å². The van der Waals surface area contributed by atoms with E-state index in [-0.39, 0.29) is 17.9 Å². The van der Waals surface area contributed by atoms with Crippen LogP contribution in [-0.2, 0) is 4.79 Å². The van der Waals surface area contributed by atoms with Crippen LogP contribution < -0.4 is 5.32 Å². The first kappa shape index (κ1) is 16.1. The lowest BCUT2D eigenvalue weighted by Crippen LogP contribution is -2.46. The first-order valence-electron chi connectivity index (χ1n) is 7.05. The number of benzene rings is 1. The number of likely N-dealkylation sites (tertiary alicyclic amines) is 1. The minimum absolute atomic E-state index is 0.0634. The average Bonchev–Trinajstić information content (AvgIpc) is 2.49. The molecule has 1 heterocycles. The highest BCUT2D eigenvalue weighted by Crippen LogP contribution is 2.21. The molecule has 1 aliphatic rings. The molecule has 1 fully saturated rings. The highest BCUT2D eigenvalue weighted by molar-refractivity contribution is 6.35. The van der Waals surface area contributed by atoms with E-state index in [2.05, 4.69) is 5.32 Å². The molecule has 1 N–H and O–H groups in total. The lowest BCUT2D eigenvalue weighted by Gasteiger charge is -2.32. The van der Waals surface area contributed by atoms with E-state index >= 15 is 0 Å². The van der Waals surface area contributed by atoms with E-state index in [4.69, 9.17) is 23.2 Å². The fourth-order valence-corrected chi connectivity index (χ4v) is 2.81. The average molecular weight is 329 g/mol. The Hall–Kier alpha value is -1.26. The Morgan fingerprint density at radius 3 is 2.57 bits per heavy atom. The number of halogens is 2. The topological polar surface area (TPSA) is 49.4 Å². The van der Waals surface area contributed by atoms with Gasteiger partial charge in [0.15, 0.2) is 0 Å². The van der Waals surface area contributed by atoms with Crippen LogP contribution in [0.4, 0.5) is 0 Å². The van der Waals surface area contributed by atoms with Crippen molar-refractivity contribution < 1.29 is 9.59 Å². The summed E-state index contributed by atoms with van der Waals surface area (Å²) in [6.45, 7) is 3.22. The lowest BCUT2D eigenvalue weighted by atomic mass is 10.0. The Morgan fingerprint density at radius 1 is 1.29 bits per heavy atom. The molecule has 2 rings (SSSR count). The number of nitrogens with zero attached hydrogens (tertiary/aromatic N) is 1. The first-order valence-corrected chi connectivity index (χ1v) is 7.80. The van der Waals surface area contributed by atoms with Gasteiger partial charge in [0.1, 0.15) is 0 Å². The molecular formula is C15H18Cl2N2O2. The van der Waals surface area contributed by atoms with Crippen molar-refractivity contribution in [3.63, 3.8) is 0 Å². The molecule has 2 amide bonds. The van der Waals surface area contributed by atoms with Crippen molar-refractivity contribution in [2.75, 3.05) is 13.1 Å². The summed E-state index contributed by atoms with van der Waals surface area (Å²) in [7, 11) is 0. The number of hydrogen-bond donors (Lipinski definition) is 1. The molecule has 114 valence electrons. The maximum atomic E-state index is 12.2. The van der Waals surface area contributed by atoms with Crippen molar-refractivity contribution in [2.24, 2.45) is 0 Å². The monoisotopic (exact) mass is 328 g/mol. The van der Waals surface area contributed by atoms with E-state index in [1.807, 2.05) is 11.8 Å². The number of amides is 2. The van der Waals surface area contributed by atoms with Crippen molar-refractivity contribution >= 4 is 35.0 Å². The quantitative estimate of drug-likeness (QED) is 0.926. The summed E-state index contributed by atoms with van der Waals surface area (Å²) in [4.78, 5) is 25.7. The van der Waals surface area contributed by atoms with Crippen LogP contribution in [0.25, 0.3) is 0 Å². The minimum atomic E-state index is -0.220. The van der Waals surface area contributed by atoms with Crippen molar-refractivity contribution in [3.8, 4) is 0 Å². The molecule has 1 aromatic carbocycles. The molecule has 0 radical (unpaired) electrons. The standard InChI is InChI=1S/C15H18Cl2N2O2/c1-2-14(20)19-7-5-11(6-8-19)18-15(21)12-9-10(16)3-4-13(12)17/h3-4,9,11H,2,5-8H2,1H3,(H,18,21). The van der Waals surface area contributed by atoms with Crippen LogP contribution in [-0.4, -0.2) is 35.8 Å². The van der Waals surface area contributed by atoms with Gasteiger partial charge in [0.05, 0.1) is 10.6 Å². The molecule has 1 aliphatic heterocycles. The SMILES string of the molecule is CCC(=O)N1CCC(NC(=O)c2cc(Cl)ccc2Cl)CC1. The van der Waals surface area contributed by atoms with Crippen molar-refractivity contribution in [1.29, 1.82) is 0 Å². The first-order chi connectivity index (χ1) is 10.0. The number of carbonyl (C=O) groups is 2. The Balaban J connectivity index is 1.93. The molecule has 4 nitrogen and oxygen atoms in total. The van der Waals surface area contributed by atoms with Gasteiger partial charge in [-0.15, -0.1) is 0 Å². The molecule has 0 saturated carbocycles. The molecule has 0 aliphatic carbocycles. The maximum Gasteiger partial charge on any atom is 0.253 e. The second-order valence-electron chi connectivity index (χ2n) is 5.11. The van der Waals surface area contributed by atoms with Crippen LogP contribution in [0.15, 0.2) is 18.2 Å². The highest BCUT2D eigenvalue weighted by atomic mass is 35.5. The third-order valence-corrected chi connectivity index (χ3v) is 4.22. The summed E-state index contributed by atoms with van der Waals surface area (Å²) in [5.74, 6) is -0.0552. The van der Waals surface area contributed by atoms with E-state index in [1.165, 1.54) is 0 Å². The normalized spacial score (nSPS) is 15.9. The van der Waals surface area contributed by atoms with E-state index in [0.717, 1.165) is 12.8 Å². The van der Waals surface area contributed by atoms with Gasteiger partial charge in [-0.1, -0.05) is 30.1 Å². The van der Waals surface area contributed by atoms with Crippen LogP contribution in [0.5, 0.6) is 0 Å². The second kappa shape index (κ2) is 7.14. The molecule has 1 aromatic rings. The van der Waals surface area contributed by atoms with Crippen molar-refractivity contribution in [2.45, 2.75) is 32.2 Å². The van der Waals surface area contributed by atoms with Gasteiger partial charge in [0.2, 0.25) is 5.91 Å². The van der Waals surface area contributed by atoms with Gasteiger partial charge in [0, 0.05) is 30.6 Å². The molecule has 1 saturated heterocycles. The van der Waals surface area contributed by atoms with Crippen LogP contribution in [0.2, 0.25) is 10.0 Å². The molecule has 0 aromatic heterocycles. The van der Waals surface area contributed by atoms with Gasteiger partial charge < -0.3 is 10.2 Å². The summed E-state index contributed by atoms with van der Waals surface area (Å²) >= 11 is 11.9. The zero-order valence-electron chi connectivity index (χ0n) is 11.9. The molecule has 6 heteroatoms. The number of piperidine rings is 1. The van der Waals surface area contributed by atoms with E-state index in [9.17, 15) is 9.59 Å². The van der Waals surface area contributed by atoms with E-state index < -0.39 is 0 Å². The van der Waals surface area contributed by atoms with E-state index in [0.29, 0.717) is 35.1 Å². The third-order valence-electron chi connectivity index (χ3n) is 3.66. The van der Waals surface area contributed by atoms with Crippen molar-refractivity contribution in [3.05, 3.63) is 33.8 Å². The zero-order chi connectivity index (χ0) is 15.4. The van der Waals surface area contributed by atoms with Gasteiger partial charge in [-0.2, -0.15) is 0 Å². The molecule has 0 bridgehead atoms. The molecular weight excluding hydrogens is 311 g/mol. The number of hydrogen-bond acceptors (Lipinski definition) is 2. The number of rotatable bonds is 3. The Labute approximate surface area is 134 Å². The summed E-state index contributed by atoms with van der Waals surface area (Å²) < 4.78 is 0. The predicted octanol–water partition coefficient (Wildman–Crippen LogP) is 3.12. The van der Waals surface area contributed by atoms with E-state index in [1.54, 1.807) is 18.2 Å². The van der Waals surface area contributed by atoms with Gasteiger partial charge in [-0.05, 0) is 31.0 Å². The Kier molecular flexibility index (Phi) is 5.48. The lowest BCUT2D eigenvalue weighted by molar-refractivity contribution is -0.131. The maximum absolute atomic E-state index is 12.2. The fourth-order valence-electron chi connectivity index (χ4n) is 2.43. The van der Waals surface area contributed by atoms with Gasteiger partial charge in [-0.25, -0.2) is 0 Å². The summed E-state index contributed by atoms with van der Waals surface area (Å²) in [5, 5.41) is 3.82. The molecule has 0 spiro atoms. The predicted molar refractivity (Wildman–Crippen MR) is 83.8 cm³/mol. The van der Waals surface area contributed by atoms with Crippen LogP contribution in [0.1, 0.15) is 36.5 Å². The van der Waals surface area contributed by atoms with Crippen LogP contribution in [0, 0.1) is 0 Å². The largest absolute Gasteiger partial charge is 0.349 e. The number of carbonyl (C=O) groups excluding carboxylic acids is 2. The van der Waals surface area contributed by atoms with Crippen molar-refractivity contribution in [1.82, 2.24) is 10.2 Å². The third kappa shape index (κ3) is 4.11. The van der Waals surface area contributed by atoms with Crippen LogP contribution >= 0.6 is 23.2 Å². The Morgan fingerprint density at radius 2 is 1.95 bits per heavy atom. The van der Waals surface area contributed by atoms with Gasteiger partial charge in [-0.3, -0.25) is 9.59 Å². The van der Waals surface area contributed by atoms with Gasteiger partial charge >= 0.3 is 0 Å². The highest BCUT2D eigenvalue weighted by Gasteiger charge is 2.23. The molecule has 0 atom stereocenters. The minimum Gasteiger partial charge on any atom is -0.349 e. The smallest absolute Gasteiger partial charge is 0.253 e. The summed E-state index contributed by atoms with van der Waals surface area (Å²) in [6.07, 6.45) is 2.04. The fraction of sp³-hybridized carbons (Fsp3) is 0.467. The summed E-state index contributed by atoms with van der Waals surface area (Å²) in [5.41, 5.74) is 0.385. The Bertz CT molecular complexity index is 540.